The van der Waals surface area contributed by atoms with Gasteiger partial charge in [0, 0.05) is 11.1 Å². The number of benzene rings is 2. The fraction of sp³-hybridized carbons (Fsp3) is 0.227. The van der Waals surface area contributed by atoms with Crippen LogP contribution in [-0.4, -0.2) is 30.7 Å². The molecule has 28 heavy (non-hydrogen) atoms. The number of nitrogens with zero attached hydrogens (tertiary/aromatic N) is 1. The van der Waals surface area contributed by atoms with E-state index in [0.717, 1.165) is 5.56 Å². The molecule has 0 saturated heterocycles. The Balaban J connectivity index is 2.02. The molecule has 0 aliphatic rings. The molecule has 0 heterocycles. The summed E-state index contributed by atoms with van der Waals surface area (Å²) in [4.78, 5) is 24.9. The van der Waals surface area contributed by atoms with Crippen LogP contribution in [-0.2, 0) is 4.79 Å². The van der Waals surface area contributed by atoms with Gasteiger partial charge in [0.2, 0.25) is 0 Å². The van der Waals surface area contributed by atoms with E-state index in [1.807, 2.05) is 44.2 Å². The fourth-order valence-corrected chi connectivity index (χ4v) is 2.45. The lowest BCUT2D eigenvalue weighted by Crippen LogP contribution is -2.48. The molecule has 2 aromatic rings. The summed E-state index contributed by atoms with van der Waals surface area (Å²) in [6.45, 7) is 7.71. The van der Waals surface area contributed by atoms with E-state index in [0.29, 0.717) is 17.9 Å². The molecule has 2 N–H and O–H groups in total. The third-order valence-electron chi connectivity index (χ3n) is 3.93. The number of hydrogen-bond donors (Lipinski definition) is 2. The van der Waals surface area contributed by atoms with Crippen LogP contribution in [0.2, 0.25) is 0 Å². The molecule has 2 aromatic carbocycles. The SMILES string of the molecule is C=CCOc1ccccc1C=NNC(=O)C(NC(=O)c1ccccc1)C(C)C. The summed E-state index contributed by atoms with van der Waals surface area (Å²) < 4.78 is 5.55. The van der Waals surface area contributed by atoms with Gasteiger partial charge in [0.25, 0.3) is 11.8 Å². The summed E-state index contributed by atoms with van der Waals surface area (Å²) >= 11 is 0. The molecular weight excluding hydrogens is 354 g/mol. The molecule has 6 heteroatoms. The fourth-order valence-electron chi connectivity index (χ4n) is 2.45. The molecule has 2 amide bonds. The number of hydrazone groups is 1. The third-order valence-corrected chi connectivity index (χ3v) is 3.93. The number of para-hydroxylation sites is 1. The maximum atomic E-state index is 12.5. The quantitative estimate of drug-likeness (QED) is 0.399. The van der Waals surface area contributed by atoms with Crippen molar-refractivity contribution in [1.29, 1.82) is 0 Å². The van der Waals surface area contributed by atoms with E-state index >= 15 is 0 Å². The van der Waals surface area contributed by atoms with Crippen LogP contribution < -0.4 is 15.5 Å². The third kappa shape index (κ3) is 6.09. The Bertz CT molecular complexity index is 832. The highest BCUT2D eigenvalue weighted by Gasteiger charge is 2.24. The molecule has 0 bridgehead atoms. The molecule has 146 valence electrons. The Morgan fingerprint density at radius 3 is 2.46 bits per heavy atom. The Labute approximate surface area is 165 Å². The first-order valence-electron chi connectivity index (χ1n) is 9.04. The number of nitrogens with one attached hydrogen (secondary N) is 2. The van der Waals surface area contributed by atoms with Crippen molar-refractivity contribution in [3.05, 3.63) is 78.4 Å². The van der Waals surface area contributed by atoms with Crippen molar-refractivity contribution in [2.75, 3.05) is 6.61 Å². The van der Waals surface area contributed by atoms with E-state index in [1.165, 1.54) is 6.21 Å². The van der Waals surface area contributed by atoms with Gasteiger partial charge in [-0.1, -0.05) is 56.8 Å². The van der Waals surface area contributed by atoms with Crippen molar-refractivity contribution in [2.45, 2.75) is 19.9 Å². The molecule has 0 aromatic heterocycles. The lowest BCUT2D eigenvalue weighted by atomic mass is 10.0. The average molecular weight is 379 g/mol. The Morgan fingerprint density at radius 1 is 1.11 bits per heavy atom. The first-order chi connectivity index (χ1) is 13.5. The largest absolute Gasteiger partial charge is 0.489 e. The molecule has 0 aliphatic heterocycles. The van der Waals surface area contributed by atoms with E-state index in [9.17, 15) is 9.59 Å². The minimum Gasteiger partial charge on any atom is -0.489 e. The molecule has 6 nitrogen and oxygen atoms in total. The van der Waals surface area contributed by atoms with Crippen LogP contribution in [0.1, 0.15) is 29.8 Å². The molecule has 1 atom stereocenters. The lowest BCUT2D eigenvalue weighted by Gasteiger charge is -2.20. The van der Waals surface area contributed by atoms with Crippen molar-refractivity contribution < 1.29 is 14.3 Å². The van der Waals surface area contributed by atoms with E-state index in [2.05, 4.69) is 22.4 Å². The van der Waals surface area contributed by atoms with Gasteiger partial charge in [-0.2, -0.15) is 5.10 Å². The van der Waals surface area contributed by atoms with Gasteiger partial charge in [-0.25, -0.2) is 5.43 Å². The van der Waals surface area contributed by atoms with Crippen molar-refractivity contribution >= 4 is 18.0 Å². The van der Waals surface area contributed by atoms with E-state index in [1.54, 1.807) is 30.3 Å². The second kappa shape index (κ2) is 10.7. The van der Waals surface area contributed by atoms with E-state index in [-0.39, 0.29) is 17.7 Å². The van der Waals surface area contributed by atoms with Crippen molar-refractivity contribution in [2.24, 2.45) is 11.0 Å². The number of hydrogen-bond acceptors (Lipinski definition) is 4. The van der Waals surface area contributed by atoms with Crippen LogP contribution >= 0.6 is 0 Å². The number of carbonyl (C=O) groups is 2. The van der Waals surface area contributed by atoms with Gasteiger partial charge in [-0.05, 0) is 30.2 Å². The second-order valence-electron chi connectivity index (χ2n) is 6.43. The second-order valence-corrected chi connectivity index (χ2v) is 6.43. The maximum Gasteiger partial charge on any atom is 0.262 e. The van der Waals surface area contributed by atoms with Crippen molar-refractivity contribution in [3.8, 4) is 5.75 Å². The summed E-state index contributed by atoms with van der Waals surface area (Å²) in [5.41, 5.74) is 3.71. The summed E-state index contributed by atoms with van der Waals surface area (Å²) in [6.07, 6.45) is 3.16. The van der Waals surface area contributed by atoms with Crippen molar-refractivity contribution in [1.82, 2.24) is 10.7 Å². The summed E-state index contributed by atoms with van der Waals surface area (Å²) in [5, 5.41) is 6.77. The minimum absolute atomic E-state index is 0.105. The Hall–Kier alpha value is -3.41. The number of carbonyl (C=O) groups excluding carboxylic acids is 2. The van der Waals surface area contributed by atoms with Crippen LogP contribution in [0.25, 0.3) is 0 Å². The van der Waals surface area contributed by atoms with E-state index < -0.39 is 6.04 Å². The van der Waals surface area contributed by atoms with Gasteiger partial charge >= 0.3 is 0 Å². The molecule has 0 spiro atoms. The van der Waals surface area contributed by atoms with Gasteiger partial charge in [0.05, 0.1) is 6.21 Å². The lowest BCUT2D eigenvalue weighted by molar-refractivity contribution is -0.123. The summed E-state index contributed by atoms with van der Waals surface area (Å²) in [5.74, 6) is -0.161. The highest BCUT2D eigenvalue weighted by molar-refractivity contribution is 5.97. The van der Waals surface area contributed by atoms with Crippen LogP contribution in [0.4, 0.5) is 0 Å². The average Bonchev–Trinajstić information content (AvgIpc) is 2.71. The Morgan fingerprint density at radius 2 is 1.79 bits per heavy atom. The highest BCUT2D eigenvalue weighted by Crippen LogP contribution is 2.15. The molecule has 1 unspecified atom stereocenters. The predicted octanol–water partition coefficient (Wildman–Crippen LogP) is 3.16. The molecule has 0 radical (unpaired) electrons. The molecular formula is C22H25N3O3. The van der Waals surface area contributed by atoms with Gasteiger partial charge < -0.3 is 10.1 Å². The zero-order chi connectivity index (χ0) is 20.4. The number of ether oxygens (including phenoxy) is 1. The highest BCUT2D eigenvalue weighted by atomic mass is 16.5. The first-order valence-corrected chi connectivity index (χ1v) is 9.04. The summed E-state index contributed by atoms with van der Waals surface area (Å²) in [6, 6.07) is 15.4. The predicted molar refractivity (Wildman–Crippen MR) is 110 cm³/mol. The van der Waals surface area contributed by atoms with Crippen LogP contribution in [0.15, 0.2) is 72.4 Å². The smallest absolute Gasteiger partial charge is 0.262 e. The number of rotatable bonds is 9. The summed E-state index contributed by atoms with van der Waals surface area (Å²) in [7, 11) is 0. The zero-order valence-electron chi connectivity index (χ0n) is 16.1. The van der Waals surface area contributed by atoms with Crippen molar-refractivity contribution in [3.63, 3.8) is 0 Å². The van der Waals surface area contributed by atoms with Crippen LogP contribution in [0.3, 0.4) is 0 Å². The molecule has 0 saturated carbocycles. The van der Waals surface area contributed by atoms with Gasteiger partial charge in [0.1, 0.15) is 18.4 Å². The van der Waals surface area contributed by atoms with Gasteiger partial charge in [-0.15, -0.1) is 0 Å². The van der Waals surface area contributed by atoms with E-state index in [4.69, 9.17) is 4.74 Å². The van der Waals surface area contributed by atoms with Gasteiger partial charge in [0.15, 0.2) is 0 Å². The standard InChI is InChI=1S/C22H25N3O3/c1-4-14-28-19-13-9-8-12-18(19)15-23-25-22(27)20(16(2)3)24-21(26)17-10-6-5-7-11-17/h4-13,15-16,20H,1,14H2,2-3H3,(H,24,26)(H,25,27). The normalized spacial score (nSPS) is 11.8. The molecule has 2 rings (SSSR count). The van der Waals surface area contributed by atoms with Crippen LogP contribution in [0.5, 0.6) is 5.75 Å². The minimum atomic E-state index is -0.711. The monoisotopic (exact) mass is 379 g/mol. The molecule has 0 aliphatic carbocycles. The first kappa shape index (κ1) is 20.9. The zero-order valence-corrected chi connectivity index (χ0v) is 16.1. The Kier molecular flexibility index (Phi) is 7.96. The molecule has 0 fully saturated rings. The topological polar surface area (TPSA) is 79.8 Å². The van der Waals surface area contributed by atoms with Gasteiger partial charge in [-0.3, -0.25) is 9.59 Å². The number of amides is 2. The van der Waals surface area contributed by atoms with Crippen LogP contribution in [0, 0.1) is 5.92 Å². The maximum absolute atomic E-state index is 12.5.